The standard InChI is InChI=1S/C41H39ClN4O3/c1-4-30-11-8-28(21-31(30)5-2)22-37-41(48)46(26-27-9-17-35(49-3)18-10-27)38-19-14-33(42)24-36(38)40(45-37)32-12-15-34(16-13-32)44-39(47)23-29-7-6-20-43-25-29/h6-21,24-25,37H,4-5,22-23,26H2,1-3H3,(H,44,47). The van der Waals surface area contributed by atoms with Crippen molar-refractivity contribution in [1.29, 1.82) is 0 Å². The van der Waals surface area contributed by atoms with Crippen LogP contribution in [0.4, 0.5) is 11.4 Å². The monoisotopic (exact) mass is 670 g/mol. The maximum atomic E-state index is 14.6. The number of hydrogen-bond donors (Lipinski definition) is 1. The highest BCUT2D eigenvalue weighted by atomic mass is 35.5. The number of anilines is 2. The van der Waals surface area contributed by atoms with Crippen LogP contribution in [0.1, 0.15) is 52.8 Å². The van der Waals surface area contributed by atoms with Gasteiger partial charge in [0.05, 0.1) is 31.5 Å². The molecule has 1 aliphatic heterocycles. The number of rotatable bonds is 11. The minimum absolute atomic E-state index is 0.0914. The molecule has 2 amide bonds. The van der Waals surface area contributed by atoms with Crippen LogP contribution in [-0.2, 0) is 41.8 Å². The van der Waals surface area contributed by atoms with Crippen LogP contribution >= 0.6 is 11.6 Å². The smallest absolute Gasteiger partial charge is 0.252 e. The fourth-order valence-corrected chi connectivity index (χ4v) is 6.43. The molecule has 0 aliphatic carbocycles. The Morgan fingerprint density at radius 1 is 0.878 bits per heavy atom. The van der Waals surface area contributed by atoms with Gasteiger partial charge in [-0.25, -0.2) is 0 Å². The van der Waals surface area contributed by atoms with Gasteiger partial charge in [0.1, 0.15) is 11.8 Å². The molecule has 0 radical (unpaired) electrons. The second-order valence-corrected chi connectivity index (χ2v) is 12.5. The lowest BCUT2D eigenvalue weighted by molar-refractivity contribution is -0.120. The number of aryl methyl sites for hydroxylation is 2. The number of ether oxygens (including phenoxy) is 1. The van der Waals surface area contributed by atoms with Gasteiger partial charge in [-0.1, -0.05) is 74.0 Å². The number of nitrogens with one attached hydrogen (secondary N) is 1. The van der Waals surface area contributed by atoms with Gasteiger partial charge < -0.3 is 15.0 Å². The lowest BCUT2D eigenvalue weighted by Gasteiger charge is -2.26. The number of amides is 2. The number of carbonyl (C=O) groups excluding carboxylic acids is 2. The van der Waals surface area contributed by atoms with Gasteiger partial charge in [-0.05, 0) is 89.2 Å². The Labute approximate surface area is 292 Å². The SMILES string of the molecule is CCc1ccc(CC2N=C(c3ccc(NC(=O)Cc4cccnc4)cc3)c3cc(Cl)ccc3N(Cc3ccc(OC)cc3)C2=O)cc1CC. The average molecular weight is 671 g/mol. The van der Waals surface area contributed by atoms with Crippen molar-refractivity contribution in [2.24, 2.45) is 4.99 Å². The van der Waals surface area contributed by atoms with E-state index in [0.29, 0.717) is 29.4 Å². The normalized spacial score (nSPS) is 14.1. The van der Waals surface area contributed by atoms with Gasteiger partial charge >= 0.3 is 0 Å². The highest BCUT2D eigenvalue weighted by Gasteiger charge is 2.33. The Kier molecular flexibility index (Phi) is 10.5. The molecule has 4 aromatic carbocycles. The third-order valence-electron chi connectivity index (χ3n) is 8.83. The van der Waals surface area contributed by atoms with Crippen LogP contribution in [0.3, 0.4) is 0 Å². The molecular formula is C41H39ClN4O3. The predicted octanol–water partition coefficient (Wildman–Crippen LogP) is 8.05. The number of nitrogens with zero attached hydrogens (tertiary/aromatic N) is 3. The van der Waals surface area contributed by atoms with Gasteiger partial charge in [0.15, 0.2) is 0 Å². The molecular weight excluding hydrogens is 632 g/mol. The number of hydrogen-bond acceptors (Lipinski definition) is 5. The molecule has 0 fully saturated rings. The minimum atomic E-state index is -0.685. The third-order valence-corrected chi connectivity index (χ3v) is 9.07. The predicted molar refractivity (Wildman–Crippen MR) is 197 cm³/mol. The number of aliphatic imine (C=N–C) groups is 1. The van der Waals surface area contributed by atoms with E-state index in [4.69, 9.17) is 21.3 Å². The summed E-state index contributed by atoms with van der Waals surface area (Å²) in [7, 11) is 1.64. The van der Waals surface area contributed by atoms with Gasteiger partial charge in [-0.3, -0.25) is 19.6 Å². The molecule has 1 N–H and O–H groups in total. The zero-order valence-electron chi connectivity index (χ0n) is 27.9. The fraction of sp³-hybridized carbons (Fsp3) is 0.220. The molecule has 0 saturated carbocycles. The maximum Gasteiger partial charge on any atom is 0.252 e. The Balaban J connectivity index is 1.38. The molecule has 7 nitrogen and oxygen atoms in total. The maximum absolute atomic E-state index is 14.6. The van der Waals surface area contributed by atoms with E-state index >= 15 is 0 Å². The van der Waals surface area contributed by atoms with Gasteiger partial charge in [0.25, 0.3) is 5.91 Å². The number of fused-ring (bicyclic) bond motifs is 1. The molecule has 49 heavy (non-hydrogen) atoms. The zero-order valence-corrected chi connectivity index (χ0v) is 28.7. The molecule has 248 valence electrons. The van der Waals surface area contributed by atoms with E-state index in [1.54, 1.807) is 19.5 Å². The van der Waals surface area contributed by atoms with E-state index in [-0.39, 0.29) is 18.2 Å². The van der Waals surface area contributed by atoms with Crippen LogP contribution < -0.4 is 15.0 Å². The second kappa shape index (κ2) is 15.3. The Morgan fingerprint density at radius 3 is 2.33 bits per heavy atom. The first-order valence-electron chi connectivity index (χ1n) is 16.6. The molecule has 1 unspecified atom stereocenters. The summed E-state index contributed by atoms with van der Waals surface area (Å²) in [5.74, 6) is 0.525. The van der Waals surface area contributed by atoms with Crippen LogP contribution in [0.5, 0.6) is 5.75 Å². The van der Waals surface area contributed by atoms with Gasteiger partial charge in [0, 0.05) is 40.7 Å². The van der Waals surface area contributed by atoms with Crippen LogP contribution in [0, 0.1) is 0 Å². The number of carbonyl (C=O) groups is 2. The Hall–Kier alpha value is -5.27. The molecule has 1 aromatic heterocycles. The van der Waals surface area contributed by atoms with Crippen LogP contribution in [-0.4, -0.2) is 35.7 Å². The van der Waals surface area contributed by atoms with Gasteiger partial charge in [-0.15, -0.1) is 0 Å². The van der Waals surface area contributed by atoms with Crippen molar-refractivity contribution >= 4 is 40.5 Å². The quantitative estimate of drug-likeness (QED) is 0.154. The van der Waals surface area contributed by atoms with Gasteiger partial charge in [-0.2, -0.15) is 0 Å². The topological polar surface area (TPSA) is 83.9 Å². The van der Waals surface area contributed by atoms with E-state index in [1.165, 1.54) is 11.1 Å². The summed E-state index contributed by atoms with van der Waals surface area (Å²) >= 11 is 6.61. The first-order chi connectivity index (χ1) is 23.8. The van der Waals surface area contributed by atoms with E-state index in [2.05, 4.69) is 42.3 Å². The minimum Gasteiger partial charge on any atom is -0.497 e. The van der Waals surface area contributed by atoms with Crippen molar-refractivity contribution in [3.05, 3.63) is 153 Å². The van der Waals surface area contributed by atoms with Crippen molar-refractivity contribution in [3.8, 4) is 5.75 Å². The molecule has 0 spiro atoms. The molecule has 0 saturated heterocycles. The van der Waals surface area contributed by atoms with Crippen molar-refractivity contribution in [1.82, 2.24) is 4.98 Å². The summed E-state index contributed by atoms with van der Waals surface area (Å²) < 4.78 is 5.37. The summed E-state index contributed by atoms with van der Waals surface area (Å²) in [5.41, 5.74) is 9.11. The summed E-state index contributed by atoms with van der Waals surface area (Å²) in [6.45, 7) is 4.68. The number of benzene rings is 4. The molecule has 5 aromatic rings. The highest BCUT2D eigenvalue weighted by Crippen LogP contribution is 2.33. The zero-order chi connectivity index (χ0) is 34.3. The van der Waals surface area contributed by atoms with Crippen molar-refractivity contribution in [3.63, 3.8) is 0 Å². The first kappa shape index (κ1) is 33.6. The van der Waals surface area contributed by atoms with E-state index in [0.717, 1.165) is 52.1 Å². The largest absolute Gasteiger partial charge is 0.497 e. The van der Waals surface area contributed by atoms with Crippen LogP contribution in [0.15, 0.2) is 114 Å². The summed E-state index contributed by atoms with van der Waals surface area (Å²) in [6.07, 6.45) is 5.92. The summed E-state index contributed by atoms with van der Waals surface area (Å²) in [5, 5.41) is 3.52. The number of aromatic nitrogens is 1. The lowest BCUT2D eigenvalue weighted by atomic mass is 9.96. The van der Waals surface area contributed by atoms with Crippen LogP contribution in [0.25, 0.3) is 0 Å². The number of benzodiazepines with no additional fused rings is 1. The molecule has 2 heterocycles. The molecule has 8 heteroatoms. The van der Waals surface area contributed by atoms with Crippen molar-refractivity contribution in [2.75, 3.05) is 17.3 Å². The summed E-state index contributed by atoms with van der Waals surface area (Å²) in [4.78, 5) is 38.5. The fourth-order valence-electron chi connectivity index (χ4n) is 6.26. The van der Waals surface area contributed by atoms with Gasteiger partial charge in [0.2, 0.25) is 5.91 Å². The molecule has 1 aliphatic rings. The Morgan fingerprint density at radius 2 is 1.63 bits per heavy atom. The first-order valence-corrected chi connectivity index (χ1v) is 16.9. The molecule has 6 rings (SSSR count). The number of halogens is 1. The molecule has 1 atom stereocenters. The molecule has 0 bridgehead atoms. The van der Waals surface area contributed by atoms with Crippen LogP contribution in [0.2, 0.25) is 5.02 Å². The number of methoxy groups -OCH3 is 1. The average Bonchev–Trinajstić information content (AvgIpc) is 3.23. The Bertz CT molecular complexity index is 1980. The van der Waals surface area contributed by atoms with E-state index in [1.807, 2.05) is 83.8 Å². The van der Waals surface area contributed by atoms with E-state index in [9.17, 15) is 9.59 Å². The van der Waals surface area contributed by atoms with Crippen molar-refractivity contribution < 1.29 is 14.3 Å². The highest BCUT2D eigenvalue weighted by molar-refractivity contribution is 6.32. The number of pyridine rings is 1. The summed E-state index contributed by atoms with van der Waals surface area (Å²) in [6, 6.07) is 30.4. The second-order valence-electron chi connectivity index (χ2n) is 12.1. The van der Waals surface area contributed by atoms with Crippen molar-refractivity contribution in [2.45, 2.75) is 52.1 Å². The lowest BCUT2D eigenvalue weighted by Crippen LogP contribution is -2.38. The third kappa shape index (κ3) is 7.90. The van der Waals surface area contributed by atoms with E-state index < -0.39 is 6.04 Å².